The van der Waals surface area contributed by atoms with Gasteiger partial charge in [0.25, 0.3) is 11.8 Å². The third-order valence-electron chi connectivity index (χ3n) is 4.05. The van der Waals surface area contributed by atoms with Crippen LogP contribution in [-0.4, -0.2) is 52.4 Å². The summed E-state index contributed by atoms with van der Waals surface area (Å²) in [6.07, 6.45) is 5.40. The maximum atomic E-state index is 12.2. The molecule has 0 radical (unpaired) electrons. The standard InChI is InChI=1S/C20H26N4O5/c1-20(2,3)29-19(27)24-12-4-5-16(24)13-21-22-18(26)15-9-6-14(7-10-15)8-11-17(25)23-28/h6-11,13,16,28H,4-5,12H2,1-3H3,(H,22,26)(H,23,25)/b11-8+,21-13+/t16-/m0/s1. The van der Waals surface area contributed by atoms with Gasteiger partial charge in [-0.2, -0.15) is 5.10 Å². The first-order valence-corrected chi connectivity index (χ1v) is 9.25. The molecule has 156 valence electrons. The maximum absolute atomic E-state index is 12.2. The van der Waals surface area contributed by atoms with Crippen LogP contribution in [0.1, 0.15) is 49.5 Å². The SMILES string of the molecule is CC(C)(C)OC(=O)N1CCC[C@H]1/C=N/NC(=O)c1ccc(/C=C/C(=O)NO)cc1. The van der Waals surface area contributed by atoms with Gasteiger partial charge in [0.15, 0.2) is 0 Å². The van der Waals surface area contributed by atoms with Gasteiger partial charge in [-0.15, -0.1) is 0 Å². The van der Waals surface area contributed by atoms with Crippen molar-refractivity contribution in [3.8, 4) is 0 Å². The fourth-order valence-electron chi connectivity index (χ4n) is 2.70. The summed E-state index contributed by atoms with van der Waals surface area (Å²) in [7, 11) is 0. The lowest BCUT2D eigenvalue weighted by Crippen LogP contribution is -2.40. The Kier molecular flexibility index (Phi) is 7.49. The molecule has 1 saturated heterocycles. The van der Waals surface area contributed by atoms with Crippen LogP contribution in [0.15, 0.2) is 35.4 Å². The summed E-state index contributed by atoms with van der Waals surface area (Å²) >= 11 is 0. The predicted molar refractivity (Wildman–Crippen MR) is 107 cm³/mol. The van der Waals surface area contributed by atoms with E-state index >= 15 is 0 Å². The van der Waals surface area contributed by atoms with E-state index in [-0.39, 0.29) is 6.04 Å². The molecule has 9 nitrogen and oxygen atoms in total. The molecule has 0 spiro atoms. The molecule has 1 atom stereocenters. The van der Waals surface area contributed by atoms with E-state index in [1.54, 1.807) is 35.4 Å². The van der Waals surface area contributed by atoms with Crippen molar-refractivity contribution in [1.29, 1.82) is 0 Å². The molecule has 29 heavy (non-hydrogen) atoms. The number of ether oxygens (including phenoxy) is 1. The molecule has 0 bridgehead atoms. The predicted octanol–water partition coefficient (Wildman–Crippen LogP) is 2.32. The Balaban J connectivity index is 1.91. The van der Waals surface area contributed by atoms with Crippen molar-refractivity contribution in [3.63, 3.8) is 0 Å². The third kappa shape index (κ3) is 7.04. The second-order valence-corrected chi connectivity index (χ2v) is 7.53. The van der Waals surface area contributed by atoms with E-state index in [1.807, 2.05) is 20.8 Å². The van der Waals surface area contributed by atoms with Gasteiger partial charge < -0.3 is 9.64 Å². The Hall–Kier alpha value is -3.20. The smallest absolute Gasteiger partial charge is 0.410 e. The second-order valence-electron chi connectivity index (χ2n) is 7.53. The average Bonchev–Trinajstić information content (AvgIpc) is 3.13. The summed E-state index contributed by atoms with van der Waals surface area (Å²) in [4.78, 5) is 37.0. The van der Waals surface area contributed by atoms with Crippen LogP contribution in [0, 0.1) is 0 Å². The van der Waals surface area contributed by atoms with Gasteiger partial charge in [0, 0.05) is 24.4 Å². The van der Waals surface area contributed by atoms with Crippen LogP contribution in [0.3, 0.4) is 0 Å². The highest BCUT2D eigenvalue weighted by Crippen LogP contribution is 2.19. The minimum absolute atomic E-state index is 0.227. The lowest BCUT2D eigenvalue weighted by Gasteiger charge is -2.26. The summed E-state index contributed by atoms with van der Waals surface area (Å²) in [5, 5.41) is 12.4. The van der Waals surface area contributed by atoms with E-state index in [9.17, 15) is 14.4 Å². The molecule has 0 aliphatic carbocycles. The molecule has 1 fully saturated rings. The van der Waals surface area contributed by atoms with Crippen molar-refractivity contribution in [2.24, 2.45) is 5.10 Å². The summed E-state index contributed by atoms with van der Waals surface area (Å²) in [5.41, 5.74) is 4.45. The zero-order valence-electron chi connectivity index (χ0n) is 16.7. The Morgan fingerprint density at radius 2 is 1.93 bits per heavy atom. The number of nitrogens with zero attached hydrogens (tertiary/aromatic N) is 2. The number of hydrazone groups is 1. The fraction of sp³-hybridized carbons (Fsp3) is 0.400. The molecule has 0 aromatic heterocycles. The molecular formula is C20H26N4O5. The number of benzene rings is 1. The van der Waals surface area contributed by atoms with E-state index < -0.39 is 23.5 Å². The summed E-state index contributed by atoms with van der Waals surface area (Å²) in [5.74, 6) is -1.04. The zero-order valence-corrected chi connectivity index (χ0v) is 16.7. The summed E-state index contributed by atoms with van der Waals surface area (Å²) in [6.45, 7) is 6.02. The van der Waals surface area contributed by atoms with E-state index in [0.717, 1.165) is 18.9 Å². The summed E-state index contributed by atoms with van der Waals surface area (Å²) < 4.78 is 5.40. The normalized spacial score (nSPS) is 17.0. The summed E-state index contributed by atoms with van der Waals surface area (Å²) in [6, 6.07) is 6.26. The van der Waals surface area contributed by atoms with Crippen LogP contribution >= 0.6 is 0 Å². The van der Waals surface area contributed by atoms with Gasteiger partial charge in [0.2, 0.25) is 0 Å². The van der Waals surface area contributed by atoms with Crippen LogP contribution in [0.4, 0.5) is 4.79 Å². The number of likely N-dealkylation sites (tertiary alicyclic amines) is 1. The van der Waals surface area contributed by atoms with Gasteiger partial charge in [0.1, 0.15) is 5.60 Å². The number of rotatable bonds is 5. The van der Waals surface area contributed by atoms with Gasteiger partial charge in [-0.1, -0.05) is 12.1 Å². The van der Waals surface area contributed by atoms with Crippen LogP contribution < -0.4 is 10.9 Å². The number of amides is 3. The van der Waals surface area contributed by atoms with Gasteiger partial charge in [-0.25, -0.2) is 15.7 Å². The van der Waals surface area contributed by atoms with Crippen molar-refractivity contribution < 1.29 is 24.3 Å². The van der Waals surface area contributed by atoms with E-state index in [2.05, 4.69) is 10.5 Å². The van der Waals surface area contributed by atoms with E-state index in [1.165, 1.54) is 11.6 Å². The molecule has 9 heteroatoms. The van der Waals surface area contributed by atoms with Crippen LogP contribution in [-0.2, 0) is 9.53 Å². The van der Waals surface area contributed by atoms with Gasteiger partial charge in [-0.05, 0) is 57.4 Å². The highest BCUT2D eigenvalue weighted by Gasteiger charge is 2.31. The quantitative estimate of drug-likeness (QED) is 0.302. The van der Waals surface area contributed by atoms with Crippen molar-refractivity contribution >= 4 is 30.2 Å². The Morgan fingerprint density at radius 1 is 1.24 bits per heavy atom. The third-order valence-corrected chi connectivity index (χ3v) is 4.05. The lowest BCUT2D eigenvalue weighted by molar-refractivity contribution is -0.124. The zero-order chi connectivity index (χ0) is 21.4. The maximum Gasteiger partial charge on any atom is 0.410 e. The molecule has 1 aromatic rings. The first kappa shape index (κ1) is 22.1. The molecule has 1 aliphatic heterocycles. The minimum atomic E-state index is -0.645. The number of nitrogens with one attached hydrogen (secondary N) is 2. The molecule has 3 amide bonds. The molecule has 1 aromatic carbocycles. The van der Waals surface area contributed by atoms with Crippen LogP contribution in [0.2, 0.25) is 0 Å². The molecule has 1 aliphatic rings. The minimum Gasteiger partial charge on any atom is -0.444 e. The first-order valence-electron chi connectivity index (χ1n) is 9.25. The molecule has 1 heterocycles. The van der Waals surface area contributed by atoms with Crippen LogP contribution in [0.5, 0.6) is 0 Å². The number of carbonyl (C=O) groups is 3. The highest BCUT2D eigenvalue weighted by atomic mass is 16.6. The molecule has 2 rings (SSSR count). The molecule has 0 unspecified atom stereocenters. The molecule has 0 saturated carbocycles. The van der Waals surface area contributed by atoms with E-state index in [4.69, 9.17) is 9.94 Å². The van der Waals surface area contributed by atoms with Crippen molar-refractivity contribution in [1.82, 2.24) is 15.8 Å². The Morgan fingerprint density at radius 3 is 2.55 bits per heavy atom. The monoisotopic (exact) mass is 402 g/mol. The Labute approximate surface area is 169 Å². The Bertz CT molecular complexity index is 796. The topological polar surface area (TPSA) is 120 Å². The van der Waals surface area contributed by atoms with E-state index in [0.29, 0.717) is 17.7 Å². The lowest BCUT2D eigenvalue weighted by atomic mass is 10.1. The average molecular weight is 402 g/mol. The van der Waals surface area contributed by atoms with Crippen LogP contribution in [0.25, 0.3) is 6.08 Å². The molecular weight excluding hydrogens is 376 g/mol. The highest BCUT2D eigenvalue weighted by molar-refractivity contribution is 5.95. The number of carbonyl (C=O) groups excluding carboxylic acids is 3. The second kappa shape index (κ2) is 9.83. The fourth-order valence-corrected chi connectivity index (χ4v) is 2.70. The number of hydroxylamine groups is 1. The molecule has 3 N–H and O–H groups in total. The first-order chi connectivity index (χ1) is 13.7. The number of hydrogen-bond donors (Lipinski definition) is 3. The van der Waals surface area contributed by atoms with Crippen molar-refractivity contribution in [2.45, 2.75) is 45.3 Å². The van der Waals surface area contributed by atoms with Gasteiger partial charge in [0.05, 0.1) is 6.04 Å². The van der Waals surface area contributed by atoms with Crippen molar-refractivity contribution in [3.05, 3.63) is 41.5 Å². The van der Waals surface area contributed by atoms with Gasteiger partial charge >= 0.3 is 6.09 Å². The largest absolute Gasteiger partial charge is 0.444 e. The van der Waals surface area contributed by atoms with Crippen molar-refractivity contribution in [2.75, 3.05) is 6.54 Å². The van der Waals surface area contributed by atoms with Gasteiger partial charge in [-0.3, -0.25) is 14.8 Å². The number of hydrogen-bond acceptors (Lipinski definition) is 6.